The standard InChI is InChI=1S/C13H12F3NO/c1-8(18)7-11-12(13(14,15)16)9-5-3-4-6-10(9)17(11)2/h3-6H,7H2,1-2H3. The number of rotatable bonds is 2. The molecule has 2 nitrogen and oxygen atoms in total. The van der Waals surface area contributed by atoms with Gasteiger partial charge in [-0.2, -0.15) is 13.2 Å². The van der Waals surface area contributed by atoms with Gasteiger partial charge in [-0.25, -0.2) is 0 Å². The number of Topliss-reactive ketones (excluding diaryl/α,β-unsaturated/α-hetero) is 1. The average molecular weight is 255 g/mol. The molecule has 0 amide bonds. The van der Waals surface area contributed by atoms with Crippen LogP contribution in [0.1, 0.15) is 18.2 Å². The number of carbonyl (C=O) groups excluding carboxylic acids is 1. The van der Waals surface area contributed by atoms with Crippen molar-refractivity contribution in [3.63, 3.8) is 0 Å². The number of nitrogens with zero attached hydrogens (tertiary/aromatic N) is 1. The number of para-hydroxylation sites is 1. The summed E-state index contributed by atoms with van der Waals surface area (Å²) in [6.07, 6.45) is -4.66. The third-order valence-electron chi connectivity index (χ3n) is 2.93. The second-order valence-corrected chi connectivity index (χ2v) is 4.27. The van der Waals surface area contributed by atoms with Gasteiger partial charge in [0.1, 0.15) is 5.78 Å². The van der Waals surface area contributed by atoms with E-state index in [1.54, 1.807) is 25.2 Å². The Labute approximate surface area is 102 Å². The zero-order chi connectivity index (χ0) is 13.5. The topological polar surface area (TPSA) is 22.0 Å². The van der Waals surface area contributed by atoms with Crippen molar-refractivity contribution in [1.82, 2.24) is 4.57 Å². The molecule has 2 aromatic rings. The number of aryl methyl sites for hydroxylation is 1. The van der Waals surface area contributed by atoms with Crippen LogP contribution < -0.4 is 0 Å². The lowest BCUT2D eigenvalue weighted by Gasteiger charge is -2.09. The molecule has 0 bridgehead atoms. The van der Waals surface area contributed by atoms with Crippen LogP contribution in [0.5, 0.6) is 0 Å². The van der Waals surface area contributed by atoms with Gasteiger partial charge in [0.15, 0.2) is 0 Å². The third kappa shape index (κ3) is 2.00. The molecule has 2 rings (SSSR count). The van der Waals surface area contributed by atoms with Gasteiger partial charge in [-0.05, 0) is 13.0 Å². The minimum Gasteiger partial charge on any atom is -0.347 e. The molecule has 0 N–H and O–H groups in total. The maximum absolute atomic E-state index is 13.1. The van der Waals surface area contributed by atoms with E-state index in [9.17, 15) is 18.0 Å². The Kier molecular flexibility index (Phi) is 2.92. The molecular formula is C13H12F3NO. The van der Waals surface area contributed by atoms with E-state index in [0.29, 0.717) is 5.52 Å². The van der Waals surface area contributed by atoms with Gasteiger partial charge in [-0.3, -0.25) is 4.79 Å². The zero-order valence-corrected chi connectivity index (χ0v) is 10.0. The van der Waals surface area contributed by atoms with Crippen molar-refractivity contribution in [2.75, 3.05) is 0 Å². The van der Waals surface area contributed by atoms with Gasteiger partial charge in [0, 0.05) is 30.1 Å². The minimum absolute atomic E-state index is 0.0243. The molecule has 0 spiro atoms. The summed E-state index contributed by atoms with van der Waals surface area (Å²) in [6, 6.07) is 6.30. The predicted octanol–water partition coefficient (Wildman–Crippen LogP) is 3.33. The van der Waals surface area contributed by atoms with E-state index in [-0.39, 0.29) is 23.3 Å². The van der Waals surface area contributed by atoms with E-state index >= 15 is 0 Å². The molecule has 0 saturated carbocycles. The summed E-state index contributed by atoms with van der Waals surface area (Å²) in [6.45, 7) is 1.29. The fourth-order valence-electron chi connectivity index (χ4n) is 2.21. The highest BCUT2D eigenvalue weighted by molar-refractivity contribution is 5.88. The summed E-state index contributed by atoms with van der Waals surface area (Å²) >= 11 is 0. The van der Waals surface area contributed by atoms with Gasteiger partial charge < -0.3 is 4.57 Å². The van der Waals surface area contributed by atoms with Crippen molar-refractivity contribution in [2.45, 2.75) is 19.5 Å². The molecular weight excluding hydrogens is 243 g/mol. The Morgan fingerprint density at radius 2 is 1.89 bits per heavy atom. The largest absolute Gasteiger partial charge is 0.418 e. The number of hydrogen-bond donors (Lipinski definition) is 0. The number of fused-ring (bicyclic) bond motifs is 1. The van der Waals surface area contributed by atoms with E-state index in [0.717, 1.165) is 0 Å². The summed E-state index contributed by atoms with van der Waals surface area (Å²) in [5.74, 6) is -0.286. The average Bonchev–Trinajstić information content (AvgIpc) is 2.52. The van der Waals surface area contributed by atoms with Crippen LogP contribution >= 0.6 is 0 Å². The molecule has 1 heterocycles. The van der Waals surface area contributed by atoms with Gasteiger partial charge >= 0.3 is 6.18 Å². The number of alkyl halides is 3. The van der Waals surface area contributed by atoms with Gasteiger partial charge in [0.25, 0.3) is 0 Å². The first kappa shape index (κ1) is 12.7. The molecule has 0 unspecified atom stereocenters. The molecule has 5 heteroatoms. The van der Waals surface area contributed by atoms with E-state index in [4.69, 9.17) is 0 Å². The lowest BCUT2D eigenvalue weighted by molar-refractivity contribution is -0.137. The molecule has 1 aromatic carbocycles. The first-order chi connectivity index (χ1) is 8.32. The van der Waals surface area contributed by atoms with Gasteiger partial charge in [-0.1, -0.05) is 18.2 Å². The molecule has 0 aliphatic heterocycles. The second kappa shape index (κ2) is 4.15. The lowest BCUT2D eigenvalue weighted by Crippen LogP contribution is -2.12. The van der Waals surface area contributed by atoms with Crippen LogP contribution in [0, 0.1) is 0 Å². The van der Waals surface area contributed by atoms with Crippen LogP contribution in [-0.4, -0.2) is 10.4 Å². The molecule has 0 saturated heterocycles. The van der Waals surface area contributed by atoms with Crippen LogP contribution in [0.15, 0.2) is 24.3 Å². The Hall–Kier alpha value is -1.78. The van der Waals surface area contributed by atoms with Crippen LogP contribution in [0.25, 0.3) is 10.9 Å². The Bertz CT molecular complexity index is 610. The lowest BCUT2D eigenvalue weighted by atomic mass is 10.1. The highest BCUT2D eigenvalue weighted by Crippen LogP contribution is 2.39. The third-order valence-corrected chi connectivity index (χ3v) is 2.93. The summed E-state index contributed by atoms with van der Waals surface area (Å²) < 4.78 is 40.8. The van der Waals surface area contributed by atoms with Crippen molar-refractivity contribution in [3.8, 4) is 0 Å². The Morgan fingerprint density at radius 3 is 2.44 bits per heavy atom. The van der Waals surface area contributed by atoms with E-state index < -0.39 is 11.7 Å². The quantitative estimate of drug-likeness (QED) is 0.806. The van der Waals surface area contributed by atoms with Crippen LogP contribution in [0.4, 0.5) is 13.2 Å². The summed E-state index contributed by atoms with van der Waals surface area (Å²) in [4.78, 5) is 11.1. The monoisotopic (exact) mass is 255 g/mol. The van der Waals surface area contributed by atoms with Crippen molar-refractivity contribution >= 4 is 16.7 Å². The van der Waals surface area contributed by atoms with E-state index in [1.165, 1.54) is 17.6 Å². The summed E-state index contributed by atoms with van der Waals surface area (Å²) in [5.41, 5.74) is -0.187. The molecule has 0 atom stereocenters. The van der Waals surface area contributed by atoms with Gasteiger partial charge in [0.2, 0.25) is 0 Å². The molecule has 96 valence electrons. The number of aromatic nitrogens is 1. The fourth-order valence-corrected chi connectivity index (χ4v) is 2.21. The zero-order valence-electron chi connectivity index (χ0n) is 10.0. The molecule has 0 fully saturated rings. The van der Waals surface area contributed by atoms with E-state index in [1.807, 2.05) is 0 Å². The van der Waals surface area contributed by atoms with E-state index in [2.05, 4.69) is 0 Å². The van der Waals surface area contributed by atoms with Crippen molar-refractivity contribution in [2.24, 2.45) is 7.05 Å². The maximum Gasteiger partial charge on any atom is 0.418 e. The minimum atomic E-state index is -4.45. The summed E-state index contributed by atoms with van der Waals surface area (Å²) in [7, 11) is 1.55. The first-order valence-electron chi connectivity index (χ1n) is 5.45. The number of ketones is 1. The molecule has 0 aliphatic rings. The highest BCUT2D eigenvalue weighted by Gasteiger charge is 2.37. The van der Waals surface area contributed by atoms with Gasteiger partial charge in [0.05, 0.1) is 5.56 Å². The first-order valence-corrected chi connectivity index (χ1v) is 5.45. The molecule has 18 heavy (non-hydrogen) atoms. The number of carbonyl (C=O) groups is 1. The predicted molar refractivity (Wildman–Crippen MR) is 62.3 cm³/mol. The SMILES string of the molecule is CC(=O)Cc1c(C(F)(F)F)c2ccccc2n1C. The Balaban J connectivity index is 2.81. The summed E-state index contributed by atoms with van der Waals surface area (Å²) in [5, 5.41) is 0.142. The highest BCUT2D eigenvalue weighted by atomic mass is 19.4. The van der Waals surface area contributed by atoms with Crippen LogP contribution in [0.3, 0.4) is 0 Å². The van der Waals surface area contributed by atoms with Crippen molar-refractivity contribution in [1.29, 1.82) is 0 Å². The molecule has 1 aromatic heterocycles. The number of halogens is 3. The number of hydrogen-bond acceptors (Lipinski definition) is 1. The van der Waals surface area contributed by atoms with Crippen LogP contribution in [0.2, 0.25) is 0 Å². The maximum atomic E-state index is 13.1. The fraction of sp³-hybridized carbons (Fsp3) is 0.308. The second-order valence-electron chi connectivity index (χ2n) is 4.27. The Morgan fingerprint density at radius 1 is 1.28 bits per heavy atom. The van der Waals surface area contributed by atoms with Crippen LogP contribution in [-0.2, 0) is 24.4 Å². The van der Waals surface area contributed by atoms with Crippen molar-refractivity contribution < 1.29 is 18.0 Å². The van der Waals surface area contributed by atoms with Crippen molar-refractivity contribution in [3.05, 3.63) is 35.5 Å². The van der Waals surface area contributed by atoms with Gasteiger partial charge in [-0.15, -0.1) is 0 Å². The smallest absolute Gasteiger partial charge is 0.347 e. The molecule has 0 aliphatic carbocycles. The molecule has 0 radical (unpaired) electrons. The normalized spacial score (nSPS) is 12.1. The number of benzene rings is 1.